The predicted octanol–water partition coefficient (Wildman–Crippen LogP) is 35.0. The van der Waals surface area contributed by atoms with E-state index in [2.05, 4.69) is 464 Å². The van der Waals surface area contributed by atoms with E-state index in [1.54, 1.807) is 0 Å². The maximum absolute atomic E-state index is 2.56. The van der Waals surface area contributed by atoms with Gasteiger partial charge in [-0.05, 0) is 360 Å². The highest BCUT2D eigenvalue weighted by Gasteiger charge is 2.49. The van der Waals surface area contributed by atoms with Gasteiger partial charge in [0, 0.05) is 77.4 Å². The summed E-state index contributed by atoms with van der Waals surface area (Å²) in [5.74, 6) is 0. The molecule has 131 heavy (non-hydrogen) atoms. The molecule has 8 aliphatic carbocycles. The smallest absolute Gasteiger partial charge is 0.0465 e. The van der Waals surface area contributed by atoms with Crippen molar-refractivity contribution < 1.29 is 0 Å². The van der Waals surface area contributed by atoms with Gasteiger partial charge in [-0.15, -0.1) is 0 Å². The Balaban J connectivity index is 0.000000141. The van der Waals surface area contributed by atoms with Crippen LogP contribution in [0.3, 0.4) is 0 Å². The van der Waals surface area contributed by atoms with E-state index >= 15 is 0 Å². The predicted molar refractivity (Wildman–Crippen MR) is 556 cm³/mol. The molecule has 0 atom stereocenters. The van der Waals surface area contributed by atoms with Crippen LogP contribution >= 0.6 is 0 Å². The van der Waals surface area contributed by atoms with Crippen molar-refractivity contribution in [3.63, 3.8) is 0 Å². The topological polar surface area (TPSA) is 6.48 Å². The van der Waals surface area contributed by atoms with Crippen LogP contribution in [0, 0.1) is 6.92 Å². The van der Waals surface area contributed by atoms with Crippen molar-refractivity contribution in [2.45, 2.75) is 187 Å². The first kappa shape index (κ1) is 79.7. The maximum Gasteiger partial charge on any atom is 0.0465 e. The molecule has 0 bridgehead atoms. The van der Waals surface area contributed by atoms with E-state index in [0.29, 0.717) is 0 Å². The largest absolute Gasteiger partial charge is 0.310 e. The lowest BCUT2D eigenvalue weighted by Crippen LogP contribution is -2.18. The van der Waals surface area contributed by atoms with Gasteiger partial charge in [-0.25, -0.2) is 0 Å². The molecule has 0 saturated carbocycles. The van der Waals surface area contributed by atoms with Gasteiger partial charge < -0.3 is 9.80 Å². The Hall–Kier alpha value is -13.4. The average molecular weight is 1690 g/mol. The number of aryl methyl sites for hydroxylation is 1. The highest BCUT2D eigenvalue weighted by Crippen LogP contribution is 2.65. The van der Waals surface area contributed by atoms with Crippen LogP contribution in [0.4, 0.5) is 34.1 Å². The summed E-state index contributed by atoms with van der Waals surface area (Å²) in [4.78, 5) is 5.01. The average Bonchev–Trinajstić information content (AvgIpc) is 1.55. The van der Waals surface area contributed by atoms with Gasteiger partial charge in [-0.3, -0.25) is 0 Å². The van der Waals surface area contributed by atoms with Gasteiger partial charge in [0.15, 0.2) is 0 Å². The summed E-state index contributed by atoms with van der Waals surface area (Å²) in [7, 11) is 0. The molecular formula is C129H112N2. The Morgan fingerprint density at radius 1 is 0.176 bits per heavy atom. The first-order valence-corrected chi connectivity index (χ1v) is 47.8. The molecule has 0 heterocycles. The van der Waals surface area contributed by atoms with E-state index in [9.17, 15) is 0 Å². The zero-order chi connectivity index (χ0) is 90.1. The van der Waals surface area contributed by atoms with Gasteiger partial charge in [0.2, 0.25) is 0 Å². The van der Waals surface area contributed by atoms with Gasteiger partial charge in [0.25, 0.3) is 0 Å². The van der Waals surface area contributed by atoms with Crippen molar-refractivity contribution >= 4 is 77.2 Å². The fourth-order valence-electron chi connectivity index (χ4n) is 26.1. The third-order valence-electron chi connectivity index (χ3n) is 33.7. The second-order valence-electron chi connectivity index (χ2n) is 44.8. The SMILES string of the molecule is CC(C)(C)c1ccc(N(c2ccc3c(c2)C(C)(C)c2cc4c(cc2-3)C(C)(C)c2ccc3ccccc3c2-4)c2ccc3c(c2)C(C)(C)c2cc4c(cc2-3)C(C)(C)c2ccc3ccccc3c2-4)cc1.Cc1ccc(N(c2ccc3c(c2)C(C)(C)c2cc4c(cc2-3)C(C)(C)c2ccc3ccccc3c2-4)c2ccc3c(c2)C(C)(C)c2cc4c(cc2-3)C(C)(C)c2ccc3ccccc3c2-4)cc1. The number of nitrogens with zero attached hydrogens (tertiary/aromatic N) is 2. The minimum absolute atomic E-state index is 0.0550. The molecule has 0 aliphatic heterocycles. The first-order chi connectivity index (χ1) is 62.5. The third kappa shape index (κ3) is 10.8. The molecular weight excluding hydrogens is 1580 g/mol. The van der Waals surface area contributed by atoms with Crippen molar-refractivity contribution in [3.8, 4) is 89.0 Å². The van der Waals surface area contributed by atoms with E-state index in [0.717, 1.165) is 0 Å². The van der Waals surface area contributed by atoms with Gasteiger partial charge in [0.1, 0.15) is 0 Å². The Morgan fingerprint density at radius 2 is 0.374 bits per heavy atom. The second-order valence-corrected chi connectivity index (χ2v) is 44.8. The monoisotopic (exact) mass is 1690 g/mol. The van der Waals surface area contributed by atoms with Crippen molar-refractivity contribution in [2.75, 3.05) is 9.80 Å². The summed E-state index contributed by atoms with van der Waals surface area (Å²) in [6.07, 6.45) is 0. The highest BCUT2D eigenvalue weighted by atomic mass is 15.1. The van der Waals surface area contributed by atoms with Gasteiger partial charge in [-0.2, -0.15) is 0 Å². The number of hydrogen-bond donors (Lipinski definition) is 0. The van der Waals surface area contributed by atoms with Crippen LogP contribution in [0.1, 0.15) is 232 Å². The molecule has 8 aliphatic rings. The molecule has 18 aromatic rings. The van der Waals surface area contributed by atoms with Gasteiger partial charge in [-0.1, -0.05) is 331 Å². The summed E-state index contributed by atoms with van der Waals surface area (Å²) >= 11 is 0. The van der Waals surface area contributed by atoms with E-state index in [1.807, 2.05) is 0 Å². The Morgan fingerprint density at radius 3 is 0.618 bits per heavy atom. The molecule has 18 aromatic carbocycles. The minimum atomic E-state index is -0.200. The van der Waals surface area contributed by atoms with Crippen LogP contribution in [-0.2, 0) is 48.7 Å². The zero-order valence-electron chi connectivity index (χ0n) is 79.4. The summed E-state index contributed by atoms with van der Waals surface area (Å²) < 4.78 is 0. The fourth-order valence-corrected chi connectivity index (χ4v) is 26.1. The number of anilines is 6. The zero-order valence-corrected chi connectivity index (χ0v) is 79.4. The number of hydrogen-bond acceptors (Lipinski definition) is 2. The normalized spacial score (nSPS) is 16.7. The minimum Gasteiger partial charge on any atom is -0.310 e. The number of rotatable bonds is 6. The van der Waals surface area contributed by atoms with Crippen molar-refractivity contribution in [3.05, 3.63) is 416 Å². The Labute approximate surface area is 773 Å². The lowest BCUT2D eigenvalue weighted by molar-refractivity contribution is 0.590. The van der Waals surface area contributed by atoms with E-state index < -0.39 is 0 Å². The Kier molecular flexibility index (Phi) is 16.1. The molecule has 0 saturated heterocycles. The molecule has 0 fully saturated rings. The second kappa shape index (κ2) is 26.5. The van der Waals surface area contributed by atoms with Crippen LogP contribution in [0.15, 0.2) is 315 Å². The number of benzene rings is 18. The highest BCUT2D eigenvalue weighted by molar-refractivity contribution is 6.09. The lowest BCUT2D eigenvalue weighted by atomic mass is 9.79. The summed E-state index contributed by atoms with van der Waals surface area (Å²) in [6, 6.07) is 122. The molecule has 0 N–H and O–H groups in total. The third-order valence-corrected chi connectivity index (χ3v) is 33.7. The molecule has 0 unspecified atom stereocenters. The summed E-state index contributed by atoms with van der Waals surface area (Å²) in [5, 5.41) is 10.6. The molecule has 2 heteroatoms. The van der Waals surface area contributed by atoms with Crippen molar-refractivity contribution in [1.82, 2.24) is 0 Å². The standard InChI is InChI=1S/C66H59N.C63H53N/c1-62(2,3)40-22-24-41(25-23-40)67(42-26-28-46-48-34-58-50(36-56(48)65(8,9)54(46)32-42)60-44-18-14-12-16-38(44)20-30-52(60)63(58,4)5)43-27-29-47-49-35-59-51(37-57(49)66(10,11)55(47)33-43)61-45-19-15-13-17-39(45)21-31-53(61)64(59,6)7;1-36-18-22-39(23-19-36)64(40-24-26-44-46-32-56-48(34-54(46)62(6,7)52(44)30-40)58-42-16-12-10-14-37(42)20-28-50(58)60(56,2)3)41-25-27-45-47-33-57-49(35-55(47)63(8,9)53(45)31-41)59-43-17-13-11-15-38(43)21-29-51(59)61(57,4)5/h12-37H,1-11H3;10-35H,1-9H3. The molecule has 26 rings (SSSR count). The molecule has 0 aromatic heterocycles. The lowest BCUT2D eigenvalue weighted by Gasteiger charge is -2.30. The summed E-state index contributed by atoms with van der Waals surface area (Å²) in [5.41, 5.74) is 53.3. The molecule has 2 nitrogen and oxygen atoms in total. The van der Waals surface area contributed by atoms with Crippen LogP contribution in [0.2, 0.25) is 0 Å². The van der Waals surface area contributed by atoms with E-state index in [1.165, 1.54) is 266 Å². The summed E-state index contributed by atoms with van der Waals surface area (Å²) in [6.45, 7) is 47.9. The van der Waals surface area contributed by atoms with Gasteiger partial charge >= 0.3 is 0 Å². The van der Waals surface area contributed by atoms with E-state index in [4.69, 9.17) is 0 Å². The van der Waals surface area contributed by atoms with Crippen LogP contribution in [-0.4, -0.2) is 0 Å². The fraction of sp³-hybridized carbons (Fsp3) is 0.225. The van der Waals surface area contributed by atoms with E-state index in [-0.39, 0.29) is 48.7 Å². The molecule has 0 spiro atoms. The molecule has 638 valence electrons. The van der Waals surface area contributed by atoms with Crippen LogP contribution in [0.5, 0.6) is 0 Å². The van der Waals surface area contributed by atoms with Crippen molar-refractivity contribution in [1.29, 1.82) is 0 Å². The van der Waals surface area contributed by atoms with Crippen molar-refractivity contribution in [2.24, 2.45) is 0 Å². The maximum atomic E-state index is 2.56. The van der Waals surface area contributed by atoms with Gasteiger partial charge in [0.05, 0.1) is 0 Å². The Bertz CT molecular complexity index is 7740. The van der Waals surface area contributed by atoms with Crippen LogP contribution < -0.4 is 9.80 Å². The molecule has 0 radical (unpaired) electrons. The first-order valence-electron chi connectivity index (χ1n) is 47.8. The van der Waals surface area contributed by atoms with Crippen LogP contribution in [0.25, 0.3) is 132 Å². The quantitative estimate of drug-likeness (QED) is 0.164. The number of fused-ring (bicyclic) bond motifs is 32. The molecule has 0 amide bonds.